The van der Waals surface area contributed by atoms with Gasteiger partial charge in [-0.05, 0) is 315 Å². The Bertz CT molecular complexity index is 5470. The number of pyridine rings is 2. The van der Waals surface area contributed by atoms with Crippen LogP contribution in [0.2, 0.25) is 0 Å². The second-order valence-corrected chi connectivity index (χ2v) is 43.9. The molecule has 12 aromatic rings. The fraction of sp³-hybridized carbons (Fsp3) is 0.596. The van der Waals surface area contributed by atoms with Gasteiger partial charge >= 0.3 is 0 Å². The third-order valence-electron chi connectivity index (χ3n) is 29.8. The second-order valence-electron chi connectivity index (χ2n) is 38.5. The van der Waals surface area contributed by atoms with E-state index < -0.39 is 0 Å². The molecule has 2 saturated heterocycles. The van der Waals surface area contributed by atoms with E-state index >= 15 is 0 Å². The van der Waals surface area contributed by atoms with E-state index in [9.17, 15) is 0 Å². The van der Waals surface area contributed by atoms with Crippen LogP contribution in [0.25, 0.3) is 51.1 Å². The van der Waals surface area contributed by atoms with Gasteiger partial charge in [0.05, 0.1) is 40.1 Å². The van der Waals surface area contributed by atoms with Crippen molar-refractivity contribution in [2.45, 2.75) is 325 Å². The first-order valence-corrected chi connectivity index (χ1v) is 52.7. The fourth-order valence-corrected chi connectivity index (χ4v) is 29.1. The molecule has 14 heterocycles. The third-order valence-corrected chi connectivity index (χ3v) is 35.8. The molecule has 672 valence electrons. The van der Waals surface area contributed by atoms with E-state index in [4.69, 9.17) is 4.74 Å². The van der Waals surface area contributed by atoms with Crippen LogP contribution in [0.1, 0.15) is 244 Å². The highest BCUT2D eigenvalue weighted by atomic mass is 32.1. The number of fused-ring (bicyclic) bond motifs is 15. The van der Waals surface area contributed by atoms with Gasteiger partial charge in [0.2, 0.25) is 0 Å². The summed E-state index contributed by atoms with van der Waals surface area (Å²) in [5.74, 6) is 5.39. The first-order valence-electron chi connectivity index (χ1n) is 48.6. The number of rotatable bonds is 20. The lowest BCUT2D eigenvalue weighted by atomic mass is 9.88. The third kappa shape index (κ3) is 20.4. The Kier molecular flexibility index (Phi) is 28.1. The van der Waals surface area contributed by atoms with Crippen LogP contribution in [0.4, 0.5) is 29.1 Å². The molecular formula is C99H130N22OS5. The lowest BCUT2D eigenvalue weighted by molar-refractivity contribution is 0.00791. The highest BCUT2D eigenvalue weighted by molar-refractivity contribution is 7.20. The number of thiophene rings is 5. The second kappa shape index (κ2) is 41.0. The highest BCUT2D eigenvalue weighted by Crippen LogP contribution is 2.46. The van der Waals surface area contributed by atoms with E-state index in [-0.39, 0.29) is 0 Å². The van der Waals surface area contributed by atoms with E-state index in [0.29, 0.717) is 54.4 Å². The number of anilines is 5. The molecule has 127 heavy (non-hydrogen) atoms. The summed E-state index contributed by atoms with van der Waals surface area (Å²) in [7, 11) is 4.50. The molecule has 6 N–H and O–H groups in total. The number of nitrogens with one attached hydrogen (secondary N) is 6. The van der Waals surface area contributed by atoms with Gasteiger partial charge in [-0.2, -0.15) is 0 Å². The lowest BCUT2D eigenvalue weighted by Crippen LogP contribution is -2.47. The number of likely N-dealkylation sites (tertiary alicyclic amines) is 1. The number of ether oxygens (including phenoxy) is 1. The molecule has 0 bridgehead atoms. The number of hydrogen-bond donors (Lipinski definition) is 6. The molecule has 7 fully saturated rings. The Morgan fingerprint density at radius 1 is 0.346 bits per heavy atom. The smallest absolute Gasteiger partial charge is 0.138 e. The van der Waals surface area contributed by atoms with Crippen molar-refractivity contribution in [1.82, 2.24) is 84.7 Å². The lowest BCUT2D eigenvalue weighted by Gasteiger charge is -2.42. The summed E-state index contributed by atoms with van der Waals surface area (Å²) in [5.41, 5.74) is 10.2. The quantitative estimate of drug-likeness (QED) is 0.0415. The van der Waals surface area contributed by atoms with Crippen LogP contribution in [-0.4, -0.2) is 199 Å². The van der Waals surface area contributed by atoms with Crippen LogP contribution < -0.4 is 31.9 Å². The largest absolute Gasteiger partial charge is 0.379 e. The monoisotopic (exact) mass is 1800 g/mol. The summed E-state index contributed by atoms with van der Waals surface area (Å²) in [6, 6.07) is 15.3. The molecule has 28 heteroatoms. The van der Waals surface area contributed by atoms with E-state index in [1.54, 1.807) is 36.5 Å². The predicted octanol–water partition coefficient (Wildman–Crippen LogP) is 19.6. The van der Waals surface area contributed by atoms with Crippen LogP contribution in [0.3, 0.4) is 0 Å². The molecule has 2 aliphatic heterocycles. The number of morpholine rings is 1. The van der Waals surface area contributed by atoms with Crippen molar-refractivity contribution in [2.24, 2.45) is 0 Å². The van der Waals surface area contributed by atoms with Crippen LogP contribution in [-0.2, 0) is 82.0 Å². The highest BCUT2D eigenvalue weighted by Gasteiger charge is 2.36. The normalized spacial score (nSPS) is 24.5. The summed E-state index contributed by atoms with van der Waals surface area (Å²) in [6.45, 7) is 13.1. The topological polar surface area (TPSA) is 249 Å². The summed E-state index contributed by atoms with van der Waals surface area (Å²) < 4.78 is 5.49. The van der Waals surface area contributed by atoms with Gasteiger partial charge in [-0.25, -0.2) is 49.8 Å². The predicted molar refractivity (Wildman–Crippen MR) is 524 cm³/mol. The van der Waals surface area contributed by atoms with Crippen molar-refractivity contribution < 1.29 is 4.74 Å². The Hall–Kier alpha value is -7.74. The Morgan fingerprint density at radius 2 is 0.661 bits per heavy atom. The van der Waals surface area contributed by atoms with E-state index in [1.807, 2.05) is 87.5 Å². The van der Waals surface area contributed by atoms with Gasteiger partial charge < -0.3 is 41.5 Å². The zero-order chi connectivity index (χ0) is 85.5. The molecule has 24 rings (SSSR count). The minimum atomic E-state index is 0.512. The van der Waals surface area contributed by atoms with Gasteiger partial charge in [0, 0.05) is 142 Å². The maximum atomic E-state index is 5.49. The molecule has 23 nitrogen and oxygen atoms in total. The number of aryl methyl sites for hydroxylation is 10. The van der Waals surface area contributed by atoms with Crippen molar-refractivity contribution in [1.29, 1.82) is 0 Å². The minimum Gasteiger partial charge on any atom is -0.379 e. The summed E-state index contributed by atoms with van der Waals surface area (Å²) in [4.78, 5) is 77.8. The van der Waals surface area contributed by atoms with Crippen molar-refractivity contribution in [2.75, 3.05) is 80.1 Å². The molecule has 12 aromatic heterocycles. The summed E-state index contributed by atoms with van der Waals surface area (Å²) in [6.07, 6.45) is 61.1. The van der Waals surface area contributed by atoms with Gasteiger partial charge in [-0.1, -0.05) is 19.9 Å². The number of hydrogen-bond acceptors (Lipinski definition) is 28. The standard InChI is InChI=1S/2C22H27N5S.C19H26N4OS.C18H24N4S.C18H26N4S/c1-27(13-15-4-3-11-23-12-15)17-9-7-16(8-10-17)26-21-20-18-5-2-6-19(18)28-22(20)25-14-24-21;1-27(13-15-9-11-23-12-10-15)17-7-5-16(6-8-17)26-21-20-18-3-2-4-19(18)28-22(20)25-14-24-21;1-2-15-16(3-1)25-19-17(15)18(20-12-21-19)22-13-4-6-14(7-5-13)23-8-10-24-11-9-23;1-3-14-15(4-1)23-18-16(14)17(19-11-20-18)21-12-5-7-13(8-6-12)22-9-2-10-22;1-11(2)21-12-6-8-13(9-7-12)22-17-16-14-4-3-5-15(14)23-18(16)20-10-19-17/h3-4,11-12,14,16-17H,2,5-10,13H2,1H3,(H,24,25,26);9-12,14,16-17H,2-8,13H2,1H3,(H,24,25,26);12-14H,1-11H2,(H,20,21,22);11-13H,1-10H2,(H,19,20,21);10-13,21H,3-9H2,1-2H3,(H,19,20,22). The average Bonchev–Trinajstić information content (AvgIpc) is 1.64. The summed E-state index contributed by atoms with van der Waals surface area (Å²) in [5, 5.41) is 29.1. The molecular weight excluding hydrogens is 1670 g/mol. The van der Waals surface area contributed by atoms with Gasteiger partial charge in [0.15, 0.2) is 0 Å². The molecule has 0 radical (unpaired) electrons. The van der Waals surface area contributed by atoms with Crippen molar-refractivity contribution in [3.8, 4) is 0 Å². The first kappa shape index (κ1) is 87.3. The molecule has 5 saturated carbocycles. The van der Waals surface area contributed by atoms with Crippen molar-refractivity contribution >= 4 is 137 Å². The SMILES string of the molecule is CC(C)NC1CCC(Nc2ncnc3sc4c(c23)CCC4)CC1.CN(Cc1cccnc1)C1CCC(Nc2ncnc3sc4c(c23)CCC4)CC1.CN(Cc1ccncc1)C1CCC(Nc2ncnc3sc4c(c23)CCC4)CC1.c1nc(NC2CCC(N3CCC3)CC2)c2c3c(sc2n1)CCC3.c1nc(NC2CCC(N3CCOCC3)CC2)c2c3c(sc2n1)CCC3. The van der Waals surface area contributed by atoms with E-state index in [2.05, 4.69) is 157 Å². The zero-order valence-electron chi connectivity index (χ0n) is 75.1. The minimum absolute atomic E-state index is 0.512. The maximum absolute atomic E-state index is 5.49. The van der Waals surface area contributed by atoms with Gasteiger partial charge in [0.25, 0.3) is 0 Å². The van der Waals surface area contributed by atoms with E-state index in [0.717, 1.165) is 90.2 Å². The number of nitrogens with zero attached hydrogens (tertiary/aromatic N) is 16. The van der Waals surface area contributed by atoms with E-state index in [1.165, 1.54) is 344 Å². The zero-order valence-corrected chi connectivity index (χ0v) is 79.2. The number of aromatic nitrogens is 12. The van der Waals surface area contributed by atoms with Crippen LogP contribution in [0.15, 0.2) is 80.7 Å². The molecule has 0 spiro atoms. The fourth-order valence-electron chi connectivity index (χ4n) is 23.0. The summed E-state index contributed by atoms with van der Waals surface area (Å²) >= 11 is 9.35. The van der Waals surface area contributed by atoms with Gasteiger partial charge in [0.1, 0.15) is 84.9 Å². The van der Waals surface area contributed by atoms with Crippen molar-refractivity contribution in [3.63, 3.8) is 0 Å². The molecule has 0 aromatic carbocycles. The molecule has 12 aliphatic rings. The Balaban J connectivity index is 0.000000100. The maximum Gasteiger partial charge on any atom is 0.138 e. The van der Waals surface area contributed by atoms with Crippen LogP contribution in [0, 0.1) is 0 Å². The molecule has 0 amide bonds. The first-order chi connectivity index (χ1) is 62.5. The van der Waals surface area contributed by atoms with Crippen LogP contribution >= 0.6 is 56.7 Å². The molecule has 0 atom stereocenters. The van der Waals surface area contributed by atoms with Crippen LogP contribution in [0.5, 0.6) is 0 Å². The van der Waals surface area contributed by atoms with Gasteiger partial charge in [-0.3, -0.25) is 24.7 Å². The Morgan fingerprint density at radius 3 is 0.976 bits per heavy atom. The molecule has 10 aliphatic carbocycles. The average molecular weight is 1800 g/mol. The van der Waals surface area contributed by atoms with Crippen molar-refractivity contribution in [3.05, 3.63) is 144 Å². The Labute approximate surface area is 769 Å². The molecule has 0 unspecified atom stereocenters. The van der Waals surface area contributed by atoms with Gasteiger partial charge in [-0.15, -0.1) is 56.7 Å².